The van der Waals surface area contributed by atoms with E-state index in [9.17, 15) is 17.3 Å². The molecule has 0 aliphatic heterocycles. The van der Waals surface area contributed by atoms with Gasteiger partial charge in [0.05, 0.1) is 0 Å². The van der Waals surface area contributed by atoms with E-state index >= 15 is 0 Å². The Morgan fingerprint density at radius 2 is 1.33 bits per heavy atom. The summed E-state index contributed by atoms with van der Waals surface area (Å²) in [6.45, 7) is 0. The fraction of sp³-hybridized carbons (Fsp3) is 0. The fourth-order valence-corrected chi connectivity index (χ4v) is 0. The zero-order valence-electron chi connectivity index (χ0n) is 3.80. The van der Waals surface area contributed by atoms with Crippen LogP contribution in [0.5, 0.6) is 0 Å². The first-order valence-corrected chi connectivity index (χ1v) is 1.44. The molecule has 0 aromatic heterocycles. The zero-order valence-corrected chi connectivity index (χ0v) is 3.80. The Bertz CT molecular complexity index is 78.3. The number of nitrogens with zero attached hydrogens (tertiary/aromatic N) is 1. The molecule has 0 heterocycles. The van der Waals surface area contributed by atoms with Gasteiger partial charge in [0, 0.05) is 0 Å². The van der Waals surface area contributed by atoms with Crippen LogP contribution >= 0.6 is 0 Å². The summed E-state index contributed by atoms with van der Waals surface area (Å²) in [5.41, 5.74) is 0. The highest BCUT2D eigenvalue weighted by Crippen LogP contribution is 2.06. The average molecular weight is 150 g/mol. The zero-order chi connectivity index (χ0) is 8.08. The third-order valence-corrected chi connectivity index (χ3v) is 0. The van der Waals surface area contributed by atoms with Gasteiger partial charge in [-0.25, -0.2) is 0 Å². The standard InChI is InChI=1S/BF4.HNO3/c2-1(3,4)5;2-1(3)4/h;(H,2,3,4)/q-1;. The lowest BCUT2D eigenvalue weighted by Gasteiger charge is -1.94. The maximum atomic E-state index is 9.75. The van der Waals surface area contributed by atoms with Crippen LogP contribution in [-0.4, -0.2) is 17.5 Å². The van der Waals surface area contributed by atoms with Crippen LogP contribution in [0.15, 0.2) is 0 Å². The van der Waals surface area contributed by atoms with Gasteiger partial charge < -0.3 is 22.5 Å². The molecule has 0 aromatic carbocycles. The van der Waals surface area contributed by atoms with Crippen LogP contribution in [0.1, 0.15) is 0 Å². The third kappa shape index (κ3) is 168. The van der Waals surface area contributed by atoms with Crippen molar-refractivity contribution in [2.45, 2.75) is 0 Å². The Labute approximate surface area is 46.3 Å². The summed E-state index contributed by atoms with van der Waals surface area (Å²) in [6, 6.07) is 0. The first-order valence-electron chi connectivity index (χ1n) is 1.44. The molecule has 0 fully saturated rings. The van der Waals surface area contributed by atoms with Crippen molar-refractivity contribution in [3.8, 4) is 0 Å². The molecule has 0 aliphatic carbocycles. The van der Waals surface area contributed by atoms with Gasteiger partial charge >= 0.3 is 7.25 Å². The largest absolute Gasteiger partial charge is 0.673 e. The van der Waals surface area contributed by atoms with E-state index in [1.54, 1.807) is 0 Å². The summed E-state index contributed by atoms with van der Waals surface area (Å²) in [7, 11) is -6.00. The maximum Gasteiger partial charge on any atom is 0.673 e. The normalized spacial score (nSPS) is 9.33. The van der Waals surface area contributed by atoms with Crippen LogP contribution in [0.3, 0.4) is 0 Å². The van der Waals surface area contributed by atoms with Crippen LogP contribution in [0.2, 0.25) is 0 Å². The van der Waals surface area contributed by atoms with Crippen LogP contribution < -0.4 is 0 Å². The minimum absolute atomic E-state index is 1.50. The van der Waals surface area contributed by atoms with Gasteiger partial charge in [0.25, 0.3) is 5.09 Å². The fourth-order valence-electron chi connectivity index (χ4n) is 0. The molecule has 9 heteroatoms. The van der Waals surface area contributed by atoms with Gasteiger partial charge in [0.2, 0.25) is 0 Å². The molecule has 0 spiro atoms. The third-order valence-electron chi connectivity index (χ3n) is 0. The molecule has 0 saturated carbocycles. The summed E-state index contributed by atoms with van der Waals surface area (Å²) in [5.74, 6) is 0. The quantitative estimate of drug-likeness (QED) is 0.242. The van der Waals surface area contributed by atoms with Crippen LogP contribution in [0.4, 0.5) is 17.3 Å². The summed E-state index contributed by atoms with van der Waals surface area (Å²) in [4.78, 5) is 8.36. The van der Waals surface area contributed by atoms with E-state index in [1.807, 2.05) is 0 Å². The summed E-state index contributed by atoms with van der Waals surface area (Å²) in [5, 5.41) is 13.6. The van der Waals surface area contributed by atoms with Crippen molar-refractivity contribution in [3.63, 3.8) is 0 Å². The first-order chi connectivity index (χ1) is 3.73. The average Bonchev–Trinajstić information content (AvgIpc) is 1.19. The Morgan fingerprint density at radius 1 is 1.33 bits per heavy atom. The summed E-state index contributed by atoms with van der Waals surface area (Å²) >= 11 is 0. The minimum Gasteiger partial charge on any atom is -0.418 e. The minimum atomic E-state index is -6.00. The maximum absolute atomic E-state index is 9.75. The van der Waals surface area contributed by atoms with E-state index < -0.39 is 12.3 Å². The number of hydrogen-bond acceptors (Lipinski definition) is 2. The van der Waals surface area contributed by atoms with Gasteiger partial charge in [-0.05, 0) is 0 Å². The molecule has 56 valence electrons. The Morgan fingerprint density at radius 3 is 1.33 bits per heavy atom. The van der Waals surface area contributed by atoms with Gasteiger partial charge in [-0.2, -0.15) is 0 Å². The molecule has 0 radical (unpaired) electrons. The van der Waals surface area contributed by atoms with Crippen LogP contribution in [0.25, 0.3) is 0 Å². The molecule has 4 nitrogen and oxygen atoms in total. The topological polar surface area (TPSA) is 63.4 Å². The van der Waals surface area contributed by atoms with Crippen LogP contribution in [-0.2, 0) is 0 Å². The second-order valence-corrected chi connectivity index (χ2v) is 0.733. The number of halogens is 4. The van der Waals surface area contributed by atoms with E-state index in [-0.39, 0.29) is 0 Å². The summed E-state index contributed by atoms with van der Waals surface area (Å²) in [6.07, 6.45) is 0. The molecular formula is HBF4NO3-. The van der Waals surface area contributed by atoms with E-state index in [0.29, 0.717) is 0 Å². The van der Waals surface area contributed by atoms with Gasteiger partial charge in [-0.15, -0.1) is 10.1 Å². The van der Waals surface area contributed by atoms with Crippen molar-refractivity contribution >= 4 is 7.25 Å². The lowest BCUT2D eigenvalue weighted by Crippen LogP contribution is -2.02. The van der Waals surface area contributed by atoms with Crippen molar-refractivity contribution in [2.24, 2.45) is 0 Å². The molecule has 0 saturated heterocycles. The number of hydrogen-bond donors (Lipinski definition) is 1. The van der Waals surface area contributed by atoms with Gasteiger partial charge in [0.15, 0.2) is 0 Å². The Hall–Kier alpha value is -1.02. The molecule has 0 aromatic rings. The van der Waals surface area contributed by atoms with E-state index in [4.69, 9.17) is 15.3 Å². The molecular weight excluding hydrogens is 149 g/mol. The highest BCUT2D eigenvalue weighted by Gasteiger charge is 2.20. The molecule has 0 unspecified atom stereocenters. The van der Waals surface area contributed by atoms with E-state index in [1.165, 1.54) is 0 Å². The van der Waals surface area contributed by atoms with Gasteiger partial charge in [-0.3, -0.25) is 0 Å². The smallest absolute Gasteiger partial charge is 0.418 e. The Balaban J connectivity index is 0. The van der Waals surface area contributed by atoms with Crippen molar-refractivity contribution in [3.05, 3.63) is 10.1 Å². The molecule has 0 atom stereocenters. The highest BCUT2D eigenvalue weighted by atomic mass is 19.5. The molecule has 0 aliphatic rings. The first kappa shape index (κ1) is 10.9. The van der Waals surface area contributed by atoms with Crippen molar-refractivity contribution in [1.82, 2.24) is 0 Å². The lowest BCUT2D eigenvalue weighted by atomic mass is 10.3. The summed E-state index contributed by atoms with van der Waals surface area (Å²) < 4.78 is 39.0. The van der Waals surface area contributed by atoms with Gasteiger partial charge in [-0.1, -0.05) is 0 Å². The molecule has 1 N–H and O–H groups in total. The Kier molecular flexibility index (Phi) is 4.74. The molecule has 0 amide bonds. The van der Waals surface area contributed by atoms with Crippen molar-refractivity contribution in [1.29, 1.82) is 0 Å². The van der Waals surface area contributed by atoms with Gasteiger partial charge in [0.1, 0.15) is 0 Å². The predicted octanol–water partition coefficient (Wildman–Crippen LogP) is 0.952. The van der Waals surface area contributed by atoms with E-state index in [0.717, 1.165) is 0 Å². The monoisotopic (exact) mass is 150 g/mol. The second-order valence-electron chi connectivity index (χ2n) is 0.733. The predicted molar refractivity (Wildman–Crippen MR) is 19.0 cm³/mol. The second kappa shape index (κ2) is 3.92. The molecule has 0 bridgehead atoms. The molecule has 9 heavy (non-hydrogen) atoms. The highest BCUT2D eigenvalue weighted by molar-refractivity contribution is 6.50. The number of rotatable bonds is 0. The SMILES string of the molecule is F[B-](F)(F)F.O=[N+]([O-])O. The van der Waals surface area contributed by atoms with Crippen LogP contribution in [0, 0.1) is 10.1 Å². The van der Waals surface area contributed by atoms with Crippen molar-refractivity contribution < 1.29 is 27.6 Å². The molecule has 0 rings (SSSR count). The van der Waals surface area contributed by atoms with Crippen molar-refractivity contribution in [2.75, 3.05) is 0 Å². The van der Waals surface area contributed by atoms with E-state index in [2.05, 4.69) is 0 Å². The lowest BCUT2D eigenvalue weighted by molar-refractivity contribution is -0.742.